The van der Waals surface area contributed by atoms with Gasteiger partial charge in [0.2, 0.25) is 11.8 Å². The van der Waals surface area contributed by atoms with Crippen molar-refractivity contribution in [2.24, 2.45) is 5.92 Å². The van der Waals surface area contributed by atoms with Crippen LogP contribution >= 0.6 is 0 Å². The summed E-state index contributed by atoms with van der Waals surface area (Å²) in [7, 11) is 0. The average molecular weight is 502 g/mol. The SMILES string of the molecule is Cc1oc(-c2ccccc2)nc1CCCc1nc2cc(CCC(=O)N3C(=O)OC[C@@H]3C(C)C)ccc2o1. The molecule has 2 aromatic heterocycles. The van der Waals surface area contributed by atoms with Gasteiger partial charge in [-0.15, -0.1) is 0 Å². The first-order chi connectivity index (χ1) is 17.9. The second-order valence-electron chi connectivity index (χ2n) is 9.80. The Bertz CT molecular complexity index is 1410. The van der Waals surface area contributed by atoms with Crippen LogP contribution in [0.2, 0.25) is 0 Å². The Hall–Kier alpha value is -3.94. The highest BCUT2D eigenvalue weighted by Crippen LogP contribution is 2.24. The number of cyclic esters (lactones) is 1. The monoisotopic (exact) mass is 501 g/mol. The van der Waals surface area contributed by atoms with Crippen molar-refractivity contribution in [3.8, 4) is 11.5 Å². The highest BCUT2D eigenvalue weighted by molar-refractivity contribution is 5.93. The lowest BCUT2D eigenvalue weighted by Crippen LogP contribution is -2.41. The number of imide groups is 1. The van der Waals surface area contributed by atoms with Gasteiger partial charge in [0.25, 0.3) is 0 Å². The Morgan fingerprint density at radius 3 is 2.65 bits per heavy atom. The van der Waals surface area contributed by atoms with E-state index in [1.54, 1.807) is 0 Å². The number of amides is 2. The van der Waals surface area contributed by atoms with E-state index in [2.05, 4.69) is 9.97 Å². The molecular weight excluding hydrogens is 470 g/mol. The van der Waals surface area contributed by atoms with Gasteiger partial charge in [0, 0.05) is 18.4 Å². The minimum atomic E-state index is -0.544. The van der Waals surface area contributed by atoms with E-state index in [4.69, 9.17) is 13.6 Å². The molecule has 2 amide bonds. The molecule has 4 aromatic rings. The molecule has 3 heterocycles. The van der Waals surface area contributed by atoms with Gasteiger partial charge in [-0.3, -0.25) is 4.79 Å². The third-order valence-corrected chi connectivity index (χ3v) is 6.79. The number of ether oxygens (including phenoxy) is 1. The first-order valence-corrected chi connectivity index (χ1v) is 12.8. The van der Waals surface area contributed by atoms with E-state index in [9.17, 15) is 9.59 Å². The van der Waals surface area contributed by atoms with Crippen LogP contribution in [-0.4, -0.2) is 39.5 Å². The van der Waals surface area contributed by atoms with E-state index in [1.165, 1.54) is 4.90 Å². The van der Waals surface area contributed by atoms with E-state index < -0.39 is 6.09 Å². The van der Waals surface area contributed by atoms with Crippen LogP contribution in [0.15, 0.2) is 57.4 Å². The van der Waals surface area contributed by atoms with Crippen molar-refractivity contribution in [3.63, 3.8) is 0 Å². The number of carbonyl (C=O) groups excluding carboxylic acids is 2. The molecule has 1 fully saturated rings. The minimum absolute atomic E-state index is 0.152. The molecule has 0 bridgehead atoms. The Morgan fingerprint density at radius 1 is 1.05 bits per heavy atom. The molecule has 1 saturated heterocycles. The van der Waals surface area contributed by atoms with Crippen LogP contribution < -0.4 is 0 Å². The van der Waals surface area contributed by atoms with Crippen molar-refractivity contribution in [2.75, 3.05) is 6.61 Å². The fraction of sp³-hybridized carbons (Fsp3) is 0.379. The van der Waals surface area contributed by atoms with Gasteiger partial charge in [0.1, 0.15) is 17.9 Å². The summed E-state index contributed by atoms with van der Waals surface area (Å²) in [5.74, 6) is 2.09. The Labute approximate surface area is 215 Å². The second kappa shape index (κ2) is 10.6. The van der Waals surface area contributed by atoms with Crippen LogP contribution in [0, 0.1) is 12.8 Å². The van der Waals surface area contributed by atoms with Crippen molar-refractivity contribution >= 4 is 23.1 Å². The van der Waals surface area contributed by atoms with Crippen molar-refractivity contribution < 1.29 is 23.2 Å². The largest absolute Gasteiger partial charge is 0.447 e. The summed E-state index contributed by atoms with van der Waals surface area (Å²) in [5.41, 5.74) is 4.37. The lowest BCUT2D eigenvalue weighted by atomic mass is 10.0. The standard InChI is InChI=1S/C29H31N3O5/c1-18(2)24-17-35-29(34)32(24)27(33)15-13-20-12-14-25-23(16-20)30-26(37-25)11-7-10-22-19(3)36-28(31-22)21-8-5-4-6-9-21/h4-6,8-9,12,14,16,18,24H,7,10-11,13,15,17H2,1-3H3/t24-/m1/s1. The molecule has 37 heavy (non-hydrogen) atoms. The fourth-order valence-corrected chi connectivity index (χ4v) is 4.64. The van der Waals surface area contributed by atoms with E-state index in [1.807, 2.05) is 69.3 Å². The fourth-order valence-electron chi connectivity index (χ4n) is 4.64. The topological polar surface area (TPSA) is 98.7 Å². The molecule has 0 N–H and O–H groups in total. The van der Waals surface area contributed by atoms with Crippen LogP contribution in [0.4, 0.5) is 4.79 Å². The average Bonchev–Trinajstić information content (AvgIpc) is 3.59. The number of oxazole rings is 2. The number of aromatic nitrogens is 2. The zero-order valence-electron chi connectivity index (χ0n) is 21.4. The lowest BCUT2D eigenvalue weighted by molar-refractivity contribution is -0.129. The summed E-state index contributed by atoms with van der Waals surface area (Å²) in [6.07, 6.45) is 2.49. The number of nitrogens with zero attached hydrogens (tertiary/aromatic N) is 3. The summed E-state index contributed by atoms with van der Waals surface area (Å²) in [5, 5.41) is 0. The van der Waals surface area contributed by atoms with Crippen molar-refractivity contribution in [3.05, 3.63) is 71.4 Å². The Kier molecular flexibility index (Phi) is 7.08. The number of carbonyl (C=O) groups is 2. The number of benzene rings is 2. The van der Waals surface area contributed by atoms with Gasteiger partial charge in [-0.1, -0.05) is 38.1 Å². The molecule has 0 unspecified atom stereocenters. The molecule has 8 heteroatoms. The van der Waals surface area contributed by atoms with Crippen molar-refractivity contribution in [1.29, 1.82) is 0 Å². The normalized spacial score (nSPS) is 15.6. The van der Waals surface area contributed by atoms with Gasteiger partial charge >= 0.3 is 6.09 Å². The number of hydrogen-bond donors (Lipinski definition) is 0. The van der Waals surface area contributed by atoms with Gasteiger partial charge in [-0.2, -0.15) is 0 Å². The molecule has 5 rings (SSSR count). The maximum atomic E-state index is 12.7. The lowest BCUT2D eigenvalue weighted by Gasteiger charge is -2.22. The third-order valence-electron chi connectivity index (χ3n) is 6.79. The highest BCUT2D eigenvalue weighted by atomic mass is 16.6. The highest BCUT2D eigenvalue weighted by Gasteiger charge is 2.39. The molecule has 0 saturated carbocycles. The van der Waals surface area contributed by atoms with Gasteiger partial charge < -0.3 is 13.6 Å². The number of aryl methyl sites for hydroxylation is 4. The van der Waals surface area contributed by atoms with E-state index in [-0.39, 0.29) is 30.9 Å². The van der Waals surface area contributed by atoms with Crippen LogP contribution in [0.1, 0.15) is 49.6 Å². The van der Waals surface area contributed by atoms with Gasteiger partial charge in [0.05, 0.1) is 11.7 Å². The zero-order valence-corrected chi connectivity index (χ0v) is 21.4. The van der Waals surface area contributed by atoms with Crippen molar-refractivity contribution in [1.82, 2.24) is 14.9 Å². The van der Waals surface area contributed by atoms with E-state index >= 15 is 0 Å². The quantitative estimate of drug-likeness (QED) is 0.281. The predicted molar refractivity (Wildman–Crippen MR) is 138 cm³/mol. The number of hydrogen-bond acceptors (Lipinski definition) is 7. The smallest absolute Gasteiger partial charge is 0.416 e. The summed E-state index contributed by atoms with van der Waals surface area (Å²) < 4.78 is 16.9. The molecule has 0 radical (unpaired) electrons. The number of rotatable bonds is 9. The molecule has 1 atom stereocenters. The summed E-state index contributed by atoms with van der Waals surface area (Å²) in [6.45, 7) is 6.17. The van der Waals surface area contributed by atoms with Crippen LogP contribution in [0.5, 0.6) is 0 Å². The maximum Gasteiger partial charge on any atom is 0.416 e. The molecule has 8 nitrogen and oxygen atoms in total. The van der Waals surface area contributed by atoms with Gasteiger partial charge in [0.15, 0.2) is 11.5 Å². The first kappa shape index (κ1) is 24.7. The maximum absolute atomic E-state index is 12.7. The van der Waals surface area contributed by atoms with Crippen LogP contribution in [0.25, 0.3) is 22.6 Å². The van der Waals surface area contributed by atoms with E-state index in [0.29, 0.717) is 24.6 Å². The molecule has 0 spiro atoms. The van der Waals surface area contributed by atoms with Gasteiger partial charge in [-0.05, 0) is 61.9 Å². The minimum Gasteiger partial charge on any atom is -0.447 e. The Morgan fingerprint density at radius 2 is 1.86 bits per heavy atom. The molecule has 0 aliphatic carbocycles. The summed E-state index contributed by atoms with van der Waals surface area (Å²) in [4.78, 5) is 35.4. The Balaban J connectivity index is 1.17. The number of fused-ring (bicyclic) bond motifs is 1. The first-order valence-electron chi connectivity index (χ1n) is 12.8. The predicted octanol–water partition coefficient (Wildman–Crippen LogP) is 5.90. The van der Waals surface area contributed by atoms with Crippen LogP contribution in [-0.2, 0) is 28.8 Å². The zero-order chi connectivity index (χ0) is 25.9. The van der Waals surface area contributed by atoms with Crippen molar-refractivity contribution in [2.45, 2.75) is 58.9 Å². The third kappa shape index (κ3) is 5.43. The molecule has 1 aliphatic heterocycles. The summed E-state index contributed by atoms with van der Waals surface area (Å²) >= 11 is 0. The summed E-state index contributed by atoms with van der Waals surface area (Å²) in [6, 6.07) is 15.5. The second-order valence-corrected chi connectivity index (χ2v) is 9.80. The van der Waals surface area contributed by atoms with Gasteiger partial charge in [-0.25, -0.2) is 19.7 Å². The molecule has 2 aromatic carbocycles. The molecular formula is C29H31N3O5. The van der Waals surface area contributed by atoms with E-state index in [0.717, 1.165) is 46.5 Å². The molecule has 192 valence electrons. The van der Waals surface area contributed by atoms with Crippen LogP contribution in [0.3, 0.4) is 0 Å². The molecule has 1 aliphatic rings.